The van der Waals surface area contributed by atoms with Crippen molar-refractivity contribution in [1.29, 1.82) is 0 Å². The first-order chi connectivity index (χ1) is 16.1. The molecule has 4 nitrogen and oxygen atoms in total. The van der Waals surface area contributed by atoms with E-state index < -0.39 is 0 Å². The predicted octanol–water partition coefficient (Wildman–Crippen LogP) is 6.75. The van der Waals surface area contributed by atoms with Gasteiger partial charge in [-0.3, -0.25) is 4.79 Å². The average Bonchev–Trinajstić information content (AvgIpc) is 3.48. The number of rotatable bonds is 7. The van der Waals surface area contributed by atoms with Gasteiger partial charge in [-0.05, 0) is 94.1 Å². The minimum Gasteiger partial charge on any atom is -0.508 e. The molecule has 0 amide bonds. The van der Waals surface area contributed by atoms with Crippen molar-refractivity contribution < 1.29 is 14.6 Å². The van der Waals surface area contributed by atoms with E-state index >= 15 is 0 Å². The summed E-state index contributed by atoms with van der Waals surface area (Å²) in [6, 6.07) is 13.6. The second kappa shape index (κ2) is 9.86. The van der Waals surface area contributed by atoms with Gasteiger partial charge in [-0.25, -0.2) is 0 Å². The van der Waals surface area contributed by atoms with E-state index in [2.05, 4.69) is 11.9 Å². The van der Waals surface area contributed by atoms with Crippen molar-refractivity contribution in [1.82, 2.24) is 4.90 Å². The van der Waals surface area contributed by atoms with E-state index in [4.69, 9.17) is 4.74 Å². The van der Waals surface area contributed by atoms with E-state index in [1.165, 1.54) is 43.5 Å². The quantitative estimate of drug-likeness (QED) is 0.394. The molecular formula is C28H33NO3S. The highest BCUT2D eigenvalue weighted by Crippen LogP contribution is 2.44. The molecule has 1 saturated carbocycles. The first-order valence-electron chi connectivity index (χ1n) is 12.3. The number of ketones is 1. The topological polar surface area (TPSA) is 49.8 Å². The summed E-state index contributed by atoms with van der Waals surface area (Å²) < 4.78 is 7.00. The molecule has 3 aromatic rings. The van der Waals surface area contributed by atoms with Gasteiger partial charge in [-0.1, -0.05) is 19.3 Å². The molecular weight excluding hydrogens is 430 g/mol. The Kier molecular flexibility index (Phi) is 6.70. The molecule has 174 valence electrons. The molecule has 1 unspecified atom stereocenters. The van der Waals surface area contributed by atoms with E-state index in [0.29, 0.717) is 24.1 Å². The number of phenolic OH excluding ortho intramolecular Hbond substituents is 1. The lowest BCUT2D eigenvalue weighted by atomic mass is 9.94. The number of hydrogen-bond donors (Lipinski definition) is 1. The number of thiophene rings is 1. The third kappa shape index (κ3) is 4.80. The van der Waals surface area contributed by atoms with E-state index in [0.717, 1.165) is 40.7 Å². The Labute approximate surface area is 200 Å². The Bertz CT molecular complexity index is 1110. The third-order valence-corrected chi connectivity index (χ3v) is 8.73. The van der Waals surface area contributed by atoms with Gasteiger partial charge in [0.1, 0.15) is 11.5 Å². The van der Waals surface area contributed by atoms with Crippen LogP contribution in [0.15, 0.2) is 42.5 Å². The minimum atomic E-state index is 0.0734. The number of nitrogens with zero attached hydrogens (tertiary/aromatic N) is 1. The monoisotopic (exact) mass is 463 g/mol. The lowest BCUT2D eigenvalue weighted by Crippen LogP contribution is -2.37. The Morgan fingerprint density at radius 3 is 2.58 bits per heavy atom. The van der Waals surface area contributed by atoms with Crippen molar-refractivity contribution in [3.63, 3.8) is 0 Å². The van der Waals surface area contributed by atoms with Crippen LogP contribution in [0.5, 0.6) is 11.5 Å². The number of ether oxygens (including phenoxy) is 1. The van der Waals surface area contributed by atoms with Gasteiger partial charge >= 0.3 is 0 Å². The van der Waals surface area contributed by atoms with Crippen molar-refractivity contribution in [2.75, 3.05) is 20.2 Å². The smallest absolute Gasteiger partial charge is 0.194 e. The number of benzene rings is 2. The van der Waals surface area contributed by atoms with Gasteiger partial charge in [0.25, 0.3) is 0 Å². The number of likely N-dealkylation sites (tertiary alicyclic amines) is 1. The number of carbonyl (C=O) groups excluding carboxylic acids is 1. The van der Waals surface area contributed by atoms with Gasteiger partial charge in [0, 0.05) is 32.1 Å². The van der Waals surface area contributed by atoms with Crippen molar-refractivity contribution in [2.45, 2.75) is 63.3 Å². The highest BCUT2D eigenvalue weighted by atomic mass is 32.1. The standard InChI is InChI=1S/C28H33NO3S/c1-29-16-5-4-8-21(29)15-17-32-23-12-9-19(10-13-23)27(31)26-24-14-11-22(30)18-25(24)33-28(26)20-6-2-3-7-20/h9-14,18,20-21,30H,2-8,15-17H2,1H3. The fraction of sp³-hybridized carbons (Fsp3) is 0.464. The van der Waals surface area contributed by atoms with Gasteiger partial charge in [-0.2, -0.15) is 0 Å². The number of fused-ring (bicyclic) bond motifs is 1. The molecule has 2 aromatic carbocycles. The van der Waals surface area contributed by atoms with Crippen LogP contribution in [0.2, 0.25) is 0 Å². The molecule has 5 rings (SSSR count). The van der Waals surface area contributed by atoms with Gasteiger partial charge in [-0.15, -0.1) is 11.3 Å². The number of phenols is 1. The lowest BCUT2D eigenvalue weighted by Gasteiger charge is -2.32. The number of carbonyl (C=O) groups is 1. The average molecular weight is 464 g/mol. The molecule has 1 N–H and O–H groups in total. The third-order valence-electron chi connectivity index (χ3n) is 7.41. The fourth-order valence-corrected chi connectivity index (χ4v) is 6.89. The van der Waals surface area contributed by atoms with Crippen LogP contribution in [0.3, 0.4) is 0 Å². The second-order valence-electron chi connectivity index (χ2n) is 9.62. The summed E-state index contributed by atoms with van der Waals surface area (Å²) in [5.41, 5.74) is 1.53. The summed E-state index contributed by atoms with van der Waals surface area (Å²) in [5, 5.41) is 10.9. The van der Waals surface area contributed by atoms with E-state index in [1.807, 2.05) is 30.3 Å². The van der Waals surface area contributed by atoms with Crippen LogP contribution in [-0.4, -0.2) is 42.0 Å². The highest BCUT2D eigenvalue weighted by Gasteiger charge is 2.28. The molecule has 1 aromatic heterocycles. The first kappa shape index (κ1) is 22.4. The Balaban J connectivity index is 1.32. The van der Waals surface area contributed by atoms with Crippen LogP contribution >= 0.6 is 11.3 Å². The maximum absolute atomic E-state index is 13.6. The summed E-state index contributed by atoms with van der Waals surface area (Å²) in [4.78, 5) is 17.3. The van der Waals surface area contributed by atoms with Crippen LogP contribution in [0.4, 0.5) is 0 Å². The van der Waals surface area contributed by atoms with Gasteiger partial charge in [0.15, 0.2) is 5.78 Å². The largest absolute Gasteiger partial charge is 0.508 e. The summed E-state index contributed by atoms with van der Waals surface area (Å²) in [6.45, 7) is 1.88. The zero-order chi connectivity index (χ0) is 22.8. The normalized spacial score (nSPS) is 19.8. The molecule has 1 aliphatic carbocycles. The molecule has 1 aliphatic heterocycles. The molecule has 0 radical (unpaired) electrons. The van der Waals surface area contributed by atoms with Crippen molar-refractivity contribution in [3.8, 4) is 11.5 Å². The summed E-state index contributed by atoms with van der Waals surface area (Å²) in [6.07, 6.45) is 9.63. The zero-order valence-electron chi connectivity index (χ0n) is 19.4. The number of aromatic hydroxyl groups is 1. The minimum absolute atomic E-state index is 0.0734. The predicted molar refractivity (Wildman–Crippen MR) is 135 cm³/mol. The second-order valence-corrected chi connectivity index (χ2v) is 10.7. The highest BCUT2D eigenvalue weighted by molar-refractivity contribution is 7.19. The Hall–Kier alpha value is -2.37. The molecule has 5 heteroatoms. The van der Waals surface area contributed by atoms with Crippen molar-refractivity contribution >= 4 is 27.2 Å². The van der Waals surface area contributed by atoms with E-state index in [-0.39, 0.29) is 11.5 Å². The van der Waals surface area contributed by atoms with Gasteiger partial charge < -0.3 is 14.7 Å². The van der Waals surface area contributed by atoms with Gasteiger partial charge in [0.05, 0.1) is 6.61 Å². The number of piperidine rings is 1. The SMILES string of the molecule is CN1CCCCC1CCOc1ccc(C(=O)c2c(C3CCCC3)sc3cc(O)ccc23)cc1. The van der Waals surface area contributed by atoms with Crippen molar-refractivity contribution in [3.05, 3.63) is 58.5 Å². The molecule has 2 heterocycles. The van der Waals surface area contributed by atoms with Crippen LogP contribution in [-0.2, 0) is 0 Å². The zero-order valence-corrected chi connectivity index (χ0v) is 20.2. The van der Waals surface area contributed by atoms with Crippen LogP contribution in [0.25, 0.3) is 10.1 Å². The maximum atomic E-state index is 13.6. The first-order valence-corrected chi connectivity index (χ1v) is 13.1. The molecule has 2 aliphatic rings. The molecule has 0 bridgehead atoms. The molecule has 2 fully saturated rings. The summed E-state index contributed by atoms with van der Waals surface area (Å²) in [5.74, 6) is 1.59. The van der Waals surface area contributed by atoms with Gasteiger partial charge in [0.2, 0.25) is 0 Å². The summed E-state index contributed by atoms with van der Waals surface area (Å²) in [7, 11) is 2.21. The molecule has 33 heavy (non-hydrogen) atoms. The lowest BCUT2D eigenvalue weighted by molar-refractivity contribution is 0.103. The van der Waals surface area contributed by atoms with E-state index in [1.54, 1.807) is 23.5 Å². The van der Waals surface area contributed by atoms with Crippen LogP contribution in [0, 0.1) is 0 Å². The van der Waals surface area contributed by atoms with E-state index in [9.17, 15) is 9.90 Å². The van der Waals surface area contributed by atoms with Crippen molar-refractivity contribution in [2.24, 2.45) is 0 Å². The maximum Gasteiger partial charge on any atom is 0.194 e. The summed E-state index contributed by atoms with van der Waals surface area (Å²) >= 11 is 1.68. The van der Waals surface area contributed by atoms with Crippen LogP contribution in [0.1, 0.15) is 78.1 Å². The van der Waals surface area contributed by atoms with Crippen LogP contribution < -0.4 is 4.74 Å². The number of hydrogen-bond acceptors (Lipinski definition) is 5. The fourth-order valence-electron chi connectivity index (χ4n) is 5.48. The molecule has 1 saturated heterocycles. The molecule has 0 spiro atoms. The molecule has 1 atom stereocenters. The Morgan fingerprint density at radius 1 is 1.06 bits per heavy atom. The Morgan fingerprint density at radius 2 is 1.82 bits per heavy atom.